The molecule has 90 valence electrons. The van der Waals surface area contributed by atoms with Gasteiger partial charge in [0.1, 0.15) is 0 Å². The van der Waals surface area contributed by atoms with Crippen molar-refractivity contribution >= 4 is 11.6 Å². The van der Waals surface area contributed by atoms with Crippen LogP contribution in [0, 0.1) is 6.92 Å². The molecule has 1 rings (SSSR count). The zero-order chi connectivity index (χ0) is 12.0. The van der Waals surface area contributed by atoms with Crippen molar-refractivity contribution in [2.75, 3.05) is 0 Å². The monoisotopic (exact) mass is 239 g/mol. The molecule has 1 aromatic carbocycles. The van der Waals surface area contributed by atoms with Crippen molar-refractivity contribution in [3.63, 3.8) is 0 Å². The second-order valence-corrected chi connectivity index (χ2v) is 4.94. The predicted molar refractivity (Wildman–Crippen MR) is 72.0 cm³/mol. The summed E-state index contributed by atoms with van der Waals surface area (Å²) in [6, 6.07) is 6.63. The van der Waals surface area contributed by atoms with Crippen molar-refractivity contribution in [1.29, 1.82) is 0 Å². The van der Waals surface area contributed by atoms with Gasteiger partial charge in [0.05, 0.1) is 0 Å². The second kappa shape index (κ2) is 6.93. The van der Waals surface area contributed by atoms with Crippen LogP contribution in [0.2, 0.25) is 5.02 Å². The maximum absolute atomic E-state index is 6.17. The van der Waals surface area contributed by atoms with Gasteiger partial charge < -0.3 is 5.73 Å². The van der Waals surface area contributed by atoms with E-state index in [1.807, 2.05) is 6.07 Å². The molecule has 1 aromatic rings. The van der Waals surface area contributed by atoms with E-state index in [2.05, 4.69) is 26.0 Å². The van der Waals surface area contributed by atoms with E-state index < -0.39 is 0 Å². The van der Waals surface area contributed by atoms with Crippen LogP contribution >= 0.6 is 11.6 Å². The SMILES string of the molecule is CCCC(N)CCCc1ccc(C)cc1Cl. The van der Waals surface area contributed by atoms with Gasteiger partial charge in [-0.1, -0.05) is 37.1 Å². The lowest BCUT2D eigenvalue weighted by atomic mass is 10.0. The molecule has 0 saturated carbocycles. The van der Waals surface area contributed by atoms with Gasteiger partial charge >= 0.3 is 0 Å². The Kier molecular flexibility index (Phi) is 5.86. The molecule has 0 heterocycles. The average Bonchev–Trinajstić information content (AvgIpc) is 2.22. The Morgan fingerprint density at radius 1 is 1.31 bits per heavy atom. The third-order valence-electron chi connectivity index (χ3n) is 2.89. The van der Waals surface area contributed by atoms with Gasteiger partial charge in [0, 0.05) is 11.1 Å². The van der Waals surface area contributed by atoms with Crippen molar-refractivity contribution in [3.8, 4) is 0 Å². The number of nitrogens with two attached hydrogens (primary N) is 1. The number of benzene rings is 1. The Labute approximate surface area is 104 Å². The van der Waals surface area contributed by atoms with Gasteiger partial charge in [0.2, 0.25) is 0 Å². The normalized spacial score (nSPS) is 12.8. The highest BCUT2D eigenvalue weighted by Gasteiger charge is 2.03. The summed E-state index contributed by atoms with van der Waals surface area (Å²) < 4.78 is 0. The quantitative estimate of drug-likeness (QED) is 0.795. The molecule has 0 aliphatic heterocycles. The molecular weight excluding hydrogens is 218 g/mol. The Hall–Kier alpha value is -0.530. The topological polar surface area (TPSA) is 26.0 Å². The van der Waals surface area contributed by atoms with Crippen molar-refractivity contribution in [2.45, 2.75) is 52.0 Å². The average molecular weight is 240 g/mol. The molecule has 0 aliphatic carbocycles. The molecule has 0 saturated heterocycles. The molecule has 1 atom stereocenters. The van der Waals surface area contributed by atoms with Crippen LogP contribution in [0.25, 0.3) is 0 Å². The number of aryl methyl sites for hydroxylation is 2. The molecule has 1 unspecified atom stereocenters. The van der Waals surface area contributed by atoms with Crippen LogP contribution in [-0.2, 0) is 6.42 Å². The molecule has 0 aliphatic rings. The lowest BCUT2D eigenvalue weighted by Gasteiger charge is -2.10. The molecular formula is C14H22ClN. The summed E-state index contributed by atoms with van der Waals surface area (Å²) in [4.78, 5) is 0. The van der Waals surface area contributed by atoms with Gasteiger partial charge in [-0.3, -0.25) is 0 Å². The first kappa shape index (κ1) is 13.5. The summed E-state index contributed by atoms with van der Waals surface area (Å²) >= 11 is 6.17. The third-order valence-corrected chi connectivity index (χ3v) is 3.24. The molecule has 0 spiro atoms. The van der Waals surface area contributed by atoms with E-state index >= 15 is 0 Å². The number of rotatable bonds is 6. The molecule has 16 heavy (non-hydrogen) atoms. The number of hydrogen-bond acceptors (Lipinski definition) is 1. The molecule has 0 radical (unpaired) electrons. The third kappa shape index (κ3) is 4.54. The molecule has 0 aromatic heterocycles. The fourth-order valence-electron chi connectivity index (χ4n) is 1.92. The van der Waals surface area contributed by atoms with Crippen LogP contribution in [0.15, 0.2) is 18.2 Å². The van der Waals surface area contributed by atoms with Gasteiger partial charge in [-0.25, -0.2) is 0 Å². The molecule has 0 amide bonds. The Morgan fingerprint density at radius 3 is 2.69 bits per heavy atom. The standard InChI is InChI=1S/C14H22ClN/c1-3-5-13(16)7-4-6-12-9-8-11(2)10-14(12)15/h8-10,13H,3-7,16H2,1-2H3. The van der Waals surface area contributed by atoms with Crippen molar-refractivity contribution in [1.82, 2.24) is 0 Å². The Bertz CT molecular complexity index is 323. The smallest absolute Gasteiger partial charge is 0.0440 e. The fraction of sp³-hybridized carbons (Fsp3) is 0.571. The van der Waals surface area contributed by atoms with Crippen LogP contribution < -0.4 is 5.73 Å². The minimum Gasteiger partial charge on any atom is -0.328 e. The summed E-state index contributed by atoms with van der Waals surface area (Å²) in [5.74, 6) is 0. The maximum atomic E-state index is 6.17. The van der Waals surface area contributed by atoms with E-state index in [-0.39, 0.29) is 0 Å². The predicted octanol–water partition coefficient (Wildman–Crippen LogP) is 4.10. The Balaban J connectivity index is 2.37. The molecule has 0 fully saturated rings. The van der Waals surface area contributed by atoms with Crippen LogP contribution in [0.3, 0.4) is 0 Å². The van der Waals surface area contributed by atoms with Crippen LogP contribution in [0.1, 0.15) is 43.7 Å². The Morgan fingerprint density at radius 2 is 2.06 bits per heavy atom. The van der Waals surface area contributed by atoms with Gasteiger partial charge in [0.25, 0.3) is 0 Å². The largest absolute Gasteiger partial charge is 0.328 e. The van der Waals surface area contributed by atoms with Crippen molar-refractivity contribution in [3.05, 3.63) is 34.3 Å². The van der Waals surface area contributed by atoms with Gasteiger partial charge in [-0.05, 0) is 49.8 Å². The highest BCUT2D eigenvalue weighted by atomic mass is 35.5. The van der Waals surface area contributed by atoms with Crippen LogP contribution in [-0.4, -0.2) is 6.04 Å². The molecule has 1 nitrogen and oxygen atoms in total. The first-order valence-electron chi connectivity index (χ1n) is 6.14. The fourth-order valence-corrected chi connectivity index (χ4v) is 2.25. The number of halogens is 1. The van der Waals surface area contributed by atoms with Gasteiger partial charge in [0.15, 0.2) is 0 Å². The summed E-state index contributed by atoms with van der Waals surface area (Å²) in [6.07, 6.45) is 5.56. The lowest BCUT2D eigenvalue weighted by molar-refractivity contribution is 0.539. The van der Waals surface area contributed by atoms with Crippen LogP contribution in [0.4, 0.5) is 0 Å². The zero-order valence-corrected chi connectivity index (χ0v) is 11.1. The van der Waals surface area contributed by atoms with E-state index in [1.54, 1.807) is 0 Å². The molecule has 2 N–H and O–H groups in total. The number of hydrogen-bond donors (Lipinski definition) is 1. The first-order chi connectivity index (χ1) is 7.63. The van der Waals surface area contributed by atoms with Crippen molar-refractivity contribution in [2.24, 2.45) is 5.73 Å². The minimum atomic E-state index is 0.356. The maximum Gasteiger partial charge on any atom is 0.0440 e. The van der Waals surface area contributed by atoms with Gasteiger partial charge in [-0.2, -0.15) is 0 Å². The summed E-state index contributed by atoms with van der Waals surface area (Å²) in [5, 5.41) is 0.893. The minimum absolute atomic E-state index is 0.356. The van der Waals surface area contributed by atoms with Crippen LogP contribution in [0.5, 0.6) is 0 Å². The lowest BCUT2D eigenvalue weighted by Crippen LogP contribution is -2.19. The highest BCUT2D eigenvalue weighted by Crippen LogP contribution is 2.19. The molecule has 0 bridgehead atoms. The summed E-state index contributed by atoms with van der Waals surface area (Å²) in [5.41, 5.74) is 8.44. The van der Waals surface area contributed by atoms with E-state index in [4.69, 9.17) is 17.3 Å². The highest BCUT2D eigenvalue weighted by molar-refractivity contribution is 6.31. The van der Waals surface area contributed by atoms with E-state index in [0.717, 1.165) is 30.7 Å². The van der Waals surface area contributed by atoms with E-state index in [9.17, 15) is 0 Å². The van der Waals surface area contributed by atoms with Gasteiger partial charge in [-0.15, -0.1) is 0 Å². The van der Waals surface area contributed by atoms with E-state index in [0.29, 0.717) is 6.04 Å². The summed E-state index contributed by atoms with van der Waals surface area (Å²) in [7, 11) is 0. The van der Waals surface area contributed by atoms with Crippen molar-refractivity contribution < 1.29 is 0 Å². The zero-order valence-electron chi connectivity index (χ0n) is 10.3. The summed E-state index contributed by atoms with van der Waals surface area (Å²) in [6.45, 7) is 4.24. The molecule has 2 heteroatoms. The van der Waals surface area contributed by atoms with E-state index in [1.165, 1.54) is 17.5 Å². The second-order valence-electron chi connectivity index (χ2n) is 4.54. The first-order valence-corrected chi connectivity index (χ1v) is 6.52.